The predicted octanol–water partition coefficient (Wildman–Crippen LogP) is 21.1. The third-order valence-electron chi connectivity index (χ3n) is 14.5. The van der Waals surface area contributed by atoms with Crippen LogP contribution in [-0.4, -0.2) is 74.3 Å². The van der Waals surface area contributed by atoms with E-state index in [9.17, 15) is 19.0 Å². The highest BCUT2D eigenvalue weighted by Crippen LogP contribution is 2.43. The molecule has 0 radical (unpaired) electrons. The molecule has 0 bridgehead atoms. The monoisotopic (exact) mass is 1150 g/mol. The summed E-state index contributed by atoms with van der Waals surface area (Å²) in [6.45, 7) is 6.94. The van der Waals surface area contributed by atoms with Crippen molar-refractivity contribution < 1.29 is 37.3 Å². The first-order valence-corrected chi connectivity index (χ1v) is 35.1. The number of nitrogens with zero attached hydrogens (tertiary/aromatic N) is 1. The van der Waals surface area contributed by atoms with E-state index >= 15 is 0 Å². The molecule has 3 unspecified atom stereocenters. The molecule has 0 aliphatic carbocycles. The maximum absolute atomic E-state index is 13.6. The number of phosphoric acid groups is 1. The minimum Gasteiger partial charge on any atom is -0.456 e. The number of nitrogens with one attached hydrogen (secondary N) is 1. The highest BCUT2D eigenvalue weighted by molar-refractivity contribution is 7.47. The quantitative estimate of drug-likeness (QED) is 0.0205. The Bertz CT molecular complexity index is 1710. The summed E-state index contributed by atoms with van der Waals surface area (Å²) in [4.78, 5) is 37.8. The third kappa shape index (κ3) is 61.3. The molecule has 3 atom stereocenters. The summed E-state index contributed by atoms with van der Waals surface area (Å²) in [6.07, 6.45) is 81.2. The number of esters is 1. The van der Waals surface area contributed by atoms with Crippen LogP contribution in [0, 0.1) is 0 Å². The number of hydrogen-bond acceptors (Lipinski definition) is 6. The Balaban J connectivity index is 5.26. The van der Waals surface area contributed by atoms with E-state index in [0.29, 0.717) is 23.9 Å². The summed E-state index contributed by atoms with van der Waals surface area (Å²) in [5.41, 5.74) is 0. The lowest BCUT2D eigenvalue weighted by Crippen LogP contribution is -2.47. The van der Waals surface area contributed by atoms with Crippen molar-refractivity contribution in [1.29, 1.82) is 0 Å². The maximum atomic E-state index is 13.6. The van der Waals surface area contributed by atoms with Crippen LogP contribution in [0.15, 0.2) is 97.2 Å². The molecule has 2 N–H and O–H groups in total. The lowest BCUT2D eigenvalue weighted by atomic mass is 10.0. The molecule has 9 nitrogen and oxygen atoms in total. The van der Waals surface area contributed by atoms with Crippen LogP contribution < -0.4 is 5.32 Å². The summed E-state index contributed by atoms with van der Waals surface area (Å²) in [7, 11) is 1.46. The number of hydrogen-bond donors (Lipinski definition) is 2. The van der Waals surface area contributed by atoms with Gasteiger partial charge < -0.3 is 19.4 Å². The maximum Gasteiger partial charge on any atom is 0.472 e. The van der Waals surface area contributed by atoms with Crippen LogP contribution in [0.1, 0.15) is 290 Å². The van der Waals surface area contributed by atoms with Crippen molar-refractivity contribution in [2.24, 2.45) is 0 Å². The van der Waals surface area contributed by atoms with E-state index in [1.54, 1.807) is 0 Å². The molecular formula is C71H128N2O7P+. The Morgan fingerprint density at radius 3 is 1.16 bits per heavy atom. The Kier molecular flexibility index (Phi) is 57.8. The molecule has 0 aliphatic heterocycles. The molecule has 0 aromatic carbocycles. The molecule has 0 heterocycles. The fraction of sp³-hybridized carbons (Fsp3) is 0.746. The van der Waals surface area contributed by atoms with Gasteiger partial charge in [-0.05, 0) is 115 Å². The van der Waals surface area contributed by atoms with E-state index in [1.165, 1.54) is 161 Å². The second kappa shape index (κ2) is 60.1. The van der Waals surface area contributed by atoms with E-state index in [4.69, 9.17) is 13.8 Å². The fourth-order valence-electron chi connectivity index (χ4n) is 9.28. The molecule has 0 saturated carbocycles. The van der Waals surface area contributed by atoms with Crippen molar-refractivity contribution in [2.75, 3.05) is 40.9 Å². The first kappa shape index (κ1) is 77.9. The zero-order valence-corrected chi connectivity index (χ0v) is 54.4. The molecule has 0 rings (SSSR count). The zero-order valence-electron chi connectivity index (χ0n) is 53.5. The standard InChI is InChI=1S/C71H127N2O7P/c1-7-10-13-16-19-22-25-28-30-32-34-35-36-37-39-41-43-46-49-52-55-58-61-64-71(75)80-69(62-59-56-53-50-47-44-27-24-21-18-15-12-9-3)68(67-79-81(76,77)78-66-65-73(4,5)6)72-70(74)63-60-57-54-51-48-45-42-40-38-33-31-29-26-23-20-17-14-11-8-2/h19-20,22-23,28-31,34-35,38,40,45,48,59,62,68-69H,7-18,21,24-27,32-33,36-37,39,41-44,46-47,49-58,60-61,63-67H2,1-6H3,(H-,72,74,76,77)/p+1/b22-19-,23-20-,30-28-,31-29-,35-34-,40-38-,48-45-,62-59+. The van der Waals surface area contributed by atoms with Gasteiger partial charge in [0.15, 0.2) is 0 Å². The van der Waals surface area contributed by atoms with Gasteiger partial charge in [-0.15, -0.1) is 0 Å². The van der Waals surface area contributed by atoms with Crippen LogP contribution >= 0.6 is 7.82 Å². The molecule has 81 heavy (non-hydrogen) atoms. The number of ether oxygens (including phenoxy) is 1. The van der Waals surface area contributed by atoms with Crippen LogP contribution in [0.5, 0.6) is 0 Å². The molecule has 0 aromatic heterocycles. The number of quaternary nitrogens is 1. The molecule has 468 valence electrons. The average molecular weight is 1150 g/mol. The highest BCUT2D eigenvalue weighted by Gasteiger charge is 2.30. The molecule has 0 spiro atoms. The van der Waals surface area contributed by atoms with Gasteiger partial charge >= 0.3 is 13.8 Å². The molecule has 0 fully saturated rings. The van der Waals surface area contributed by atoms with Gasteiger partial charge in [0, 0.05) is 12.8 Å². The largest absolute Gasteiger partial charge is 0.472 e. The van der Waals surface area contributed by atoms with E-state index in [0.717, 1.165) is 89.9 Å². The van der Waals surface area contributed by atoms with Gasteiger partial charge in [0.25, 0.3) is 0 Å². The van der Waals surface area contributed by atoms with Gasteiger partial charge in [0.05, 0.1) is 33.8 Å². The van der Waals surface area contributed by atoms with E-state index in [1.807, 2.05) is 33.3 Å². The van der Waals surface area contributed by atoms with Gasteiger partial charge in [0.2, 0.25) is 5.91 Å². The number of amides is 1. The van der Waals surface area contributed by atoms with Gasteiger partial charge in [0.1, 0.15) is 19.3 Å². The molecule has 0 saturated heterocycles. The van der Waals surface area contributed by atoms with Gasteiger partial charge in [-0.3, -0.25) is 18.6 Å². The zero-order chi connectivity index (χ0) is 59.3. The highest BCUT2D eigenvalue weighted by atomic mass is 31.2. The Morgan fingerprint density at radius 1 is 0.432 bits per heavy atom. The Labute approximate surface area is 500 Å². The number of unbranched alkanes of at least 4 members (excludes halogenated alkanes) is 30. The molecule has 0 aliphatic rings. The van der Waals surface area contributed by atoms with Crippen molar-refractivity contribution >= 4 is 19.7 Å². The first-order valence-electron chi connectivity index (χ1n) is 33.6. The van der Waals surface area contributed by atoms with Crippen molar-refractivity contribution in [3.8, 4) is 0 Å². The smallest absolute Gasteiger partial charge is 0.456 e. The van der Waals surface area contributed by atoms with Crippen molar-refractivity contribution in [1.82, 2.24) is 5.32 Å². The van der Waals surface area contributed by atoms with Gasteiger partial charge in [-0.25, -0.2) is 4.57 Å². The molecule has 10 heteroatoms. The number of carbonyl (C=O) groups is 2. The summed E-state index contributed by atoms with van der Waals surface area (Å²) < 4.78 is 30.8. The van der Waals surface area contributed by atoms with E-state index in [-0.39, 0.29) is 31.5 Å². The van der Waals surface area contributed by atoms with Crippen LogP contribution in [0.3, 0.4) is 0 Å². The molecule has 1 amide bonds. The number of likely N-dealkylation sites (N-methyl/N-ethyl adjacent to an activating group) is 1. The second-order valence-corrected chi connectivity index (χ2v) is 25.1. The van der Waals surface area contributed by atoms with Crippen LogP contribution in [-0.2, 0) is 27.9 Å². The topological polar surface area (TPSA) is 111 Å². The number of phosphoric ester groups is 1. The number of rotatable bonds is 60. The number of carbonyl (C=O) groups excluding carboxylic acids is 2. The minimum absolute atomic E-state index is 0.0292. The lowest BCUT2D eigenvalue weighted by Gasteiger charge is -2.27. The third-order valence-corrected chi connectivity index (χ3v) is 15.5. The second-order valence-electron chi connectivity index (χ2n) is 23.6. The fourth-order valence-corrected chi connectivity index (χ4v) is 10.0. The predicted molar refractivity (Wildman–Crippen MR) is 350 cm³/mol. The van der Waals surface area contributed by atoms with Gasteiger partial charge in [-0.1, -0.05) is 260 Å². The van der Waals surface area contributed by atoms with Crippen LogP contribution in [0.25, 0.3) is 0 Å². The van der Waals surface area contributed by atoms with Crippen molar-refractivity contribution in [2.45, 2.75) is 303 Å². The van der Waals surface area contributed by atoms with Crippen molar-refractivity contribution in [3.05, 3.63) is 97.2 Å². The molecule has 0 aromatic rings. The summed E-state index contributed by atoms with van der Waals surface area (Å²) >= 11 is 0. The average Bonchev–Trinajstić information content (AvgIpc) is 3.44. The number of allylic oxidation sites excluding steroid dienone is 15. The lowest BCUT2D eigenvalue weighted by molar-refractivity contribution is -0.870. The normalized spacial score (nSPS) is 14.2. The Morgan fingerprint density at radius 2 is 0.753 bits per heavy atom. The molecular weight excluding hydrogens is 1020 g/mol. The summed E-state index contributed by atoms with van der Waals surface area (Å²) in [5.74, 6) is -0.544. The van der Waals surface area contributed by atoms with Crippen LogP contribution in [0.4, 0.5) is 0 Å². The Hall–Kier alpha value is -3.07. The first-order chi connectivity index (χ1) is 39.4. The van der Waals surface area contributed by atoms with Gasteiger partial charge in [-0.2, -0.15) is 0 Å². The summed E-state index contributed by atoms with van der Waals surface area (Å²) in [5, 5.41) is 3.05. The SMILES string of the molecule is CCCCC/C=C\C/C=C\C/C=C\C/C=C\CCCCCC(=O)NC(COP(=O)(O)OCC[N+](C)(C)C)C(/C=C/CCCCCCCCCCCCC)OC(=O)CCCCCCCCCCCC/C=C\C/C=C\C/C=C\CCCCC. The minimum atomic E-state index is -4.47. The summed E-state index contributed by atoms with van der Waals surface area (Å²) in [6, 6.07) is -0.873. The van der Waals surface area contributed by atoms with E-state index in [2.05, 4.69) is 111 Å². The van der Waals surface area contributed by atoms with E-state index < -0.39 is 20.0 Å². The van der Waals surface area contributed by atoms with Crippen LogP contribution in [0.2, 0.25) is 0 Å². The van der Waals surface area contributed by atoms with Crippen molar-refractivity contribution in [3.63, 3.8) is 0 Å².